The van der Waals surface area contributed by atoms with Crippen LogP contribution in [0.4, 0.5) is 14.5 Å². The fraction of sp³-hybridized carbons (Fsp3) is 0.455. The molecule has 0 aromatic heterocycles. The fourth-order valence-electron chi connectivity index (χ4n) is 1.82. The van der Waals surface area contributed by atoms with E-state index >= 15 is 0 Å². The standard InChI is InChI=1S/C11H14F2N2O/c12-8-1-2-11(10(13)5-8)15-3-4-16-9(6-14)7-15/h1-2,5,9H,3-4,6-7,14H2. The van der Waals surface area contributed by atoms with Crippen molar-refractivity contribution in [2.75, 3.05) is 31.1 Å². The van der Waals surface area contributed by atoms with Gasteiger partial charge in [0, 0.05) is 25.7 Å². The third kappa shape index (κ3) is 2.31. The predicted molar refractivity (Wildman–Crippen MR) is 57.4 cm³/mol. The largest absolute Gasteiger partial charge is 0.373 e. The zero-order valence-corrected chi connectivity index (χ0v) is 8.83. The molecule has 1 fully saturated rings. The van der Waals surface area contributed by atoms with E-state index in [0.717, 1.165) is 6.07 Å². The van der Waals surface area contributed by atoms with Crippen molar-refractivity contribution < 1.29 is 13.5 Å². The van der Waals surface area contributed by atoms with Crippen molar-refractivity contribution in [2.45, 2.75) is 6.10 Å². The Morgan fingerprint density at radius 1 is 1.44 bits per heavy atom. The molecule has 1 saturated heterocycles. The maximum atomic E-state index is 13.5. The van der Waals surface area contributed by atoms with Gasteiger partial charge >= 0.3 is 0 Å². The van der Waals surface area contributed by atoms with Crippen molar-refractivity contribution >= 4 is 5.69 Å². The second kappa shape index (κ2) is 4.76. The molecule has 16 heavy (non-hydrogen) atoms. The summed E-state index contributed by atoms with van der Waals surface area (Å²) in [7, 11) is 0. The molecule has 1 aliphatic rings. The van der Waals surface area contributed by atoms with Crippen LogP contribution in [0.5, 0.6) is 0 Å². The van der Waals surface area contributed by atoms with Gasteiger partial charge in [0.15, 0.2) is 0 Å². The molecule has 0 radical (unpaired) electrons. The van der Waals surface area contributed by atoms with E-state index in [1.807, 2.05) is 4.90 Å². The van der Waals surface area contributed by atoms with Crippen molar-refractivity contribution in [3.63, 3.8) is 0 Å². The third-order valence-electron chi connectivity index (χ3n) is 2.65. The van der Waals surface area contributed by atoms with Crippen LogP contribution in [0.15, 0.2) is 18.2 Å². The monoisotopic (exact) mass is 228 g/mol. The Balaban J connectivity index is 2.16. The Morgan fingerprint density at radius 3 is 2.94 bits per heavy atom. The molecular formula is C11H14F2N2O. The van der Waals surface area contributed by atoms with Crippen LogP contribution in [0.2, 0.25) is 0 Å². The number of hydrogen-bond donors (Lipinski definition) is 1. The summed E-state index contributed by atoms with van der Waals surface area (Å²) in [5.74, 6) is -1.11. The Morgan fingerprint density at radius 2 is 2.25 bits per heavy atom. The van der Waals surface area contributed by atoms with Crippen LogP contribution in [0.3, 0.4) is 0 Å². The Hall–Kier alpha value is -1.20. The van der Waals surface area contributed by atoms with E-state index in [9.17, 15) is 8.78 Å². The summed E-state index contributed by atoms with van der Waals surface area (Å²) in [5, 5.41) is 0. The van der Waals surface area contributed by atoms with Gasteiger partial charge in [-0.2, -0.15) is 0 Å². The Labute approximate surface area is 92.8 Å². The van der Waals surface area contributed by atoms with Crippen LogP contribution in [0, 0.1) is 11.6 Å². The minimum Gasteiger partial charge on any atom is -0.373 e. The lowest BCUT2D eigenvalue weighted by molar-refractivity contribution is 0.0463. The van der Waals surface area contributed by atoms with E-state index in [0.29, 0.717) is 31.9 Å². The number of ether oxygens (including phenoxy) is 1. The molecule has 1 atom stereocenters. The molecule has 1 aliphatic heterocycles. The first-order valence-electron chi connectivity index (χ1n) is 5.22. The summed E-state index contributed by atoms with van der Waals surface area (Å²) >= 11 is 0. The van der Waals surface area contributed by atoms with Gasteiger partial charge in [0.25, 0.3) is 0 Å². The first-order chi connectivity index (χ1) is 7.70. The summed E-state index contributed by atoms with van der Waals surface area (Å²) in [5.41, 5.74) is 5.91. The quantitative estimate of drug-likeness (QED) is 0.824. The van der Waals surface area contributed by atoms with Crippen LogP contribution < -0.4 is 10.6 Å². The van der Waals surface area contributed by atoms with Crippen molar-refractivity contribution in [3.8, 4) is 0 Å². The van der Waals surface area contributed by atoms with E-state index in [-0.39, 0.29) is 6.10 Å². The lowest BCUT2D eigenvalue weighted by Gasteiger charge is -2.34. The molecule has 0 aliphatic carbocycles. The highest BCUT2D eigenvalue weighted by molar-refractivity contribution is 5.48. The van der Waals surface area contributed by atoms with Crippen molar-refractivity contribution in [2.24, 2.45) is 5.73 Å². The molecule has 1 aromatic carbocycles. The van der Waals surface area contributed by atoms with Gasteiger partial charge in [0.05, 0.1) is 18.4 Å². The molecule has 88 valence electrons. The minimum absolute atomic E-state index is 0.0850. The number of rotatable bonds is 2. The smallest absolute Gasteiger partial charge is 0.149 e. The Kier molecular flexibility index (Phi) is 3.36. The lowest BCUT2D eigenvalue weighted by Crippen LogP contribution is -2.46. The molecule has 2 rings (SSSR count). The van der Waals surface area contributed by atoms with Crippen LogP contribution in [0.25, 0.3) is 0 Å². The van der Waals surface area contributed by atoms with Gasteiger partial charge in [-0.05, 0) is 12.1 Å². The molecule has 2 N–H and O–H groups in total. The van der Waals surface area contributed by atoms with Gasteiger partial charge in [0.1, 0.15) is 11.6 Å². The molecule has 5 heteroatoms. The molecule has 1 unspecified atom stereocenters. The second-order valence-electron chi connectivity index (χ2n) is 3.77. The summed E-state index contributed by atoms with van der Waals surface area (Å²) < 4.78 is 31.6. The number of nitrogens with two attached hydrogens (primary N) is 1. The van der Waals surface area contributed by atoms with Crippen LogP contribution >= 0.6 is 0 Å². The molecule has 0 saturated carbocycles. The van der Waals surface area contributed by atoms with E-state index in [1.54, 1.807) is 0 Å². The first kappa shape index (κ1) is 11.3. The predicted octanol–water partition coefficient (Wildman–Crippen LogP) is 1.13. The van der Waals surface area contributed by atoms with Gasteiger partial charge in [-0.1, -0.05) is 0 Å². The molecule has 0 amide bonds. The van der Waals surface area contributed by atoms with Gasteiger partial charge in [-0.25, -0.2) is 8.78 Å². The highest BCUT2D eigenvalue weighted by Crippen LogP contribution is 2.22. The molecular weight excluding hydrogens is 214 g/mol. The summed E-state index contributed by atoms with van der Waals surface area (Å²) in [4.78, 5) is 1.83. The normalized spacial score (nSPS) is 21.2. The number of hydrogen-bond acceptors (Lipinski definition) is 3. The number of benzene rings is 1. The van der Waals surface area contributed by atoms with Gasteiger partial charge in [0.2, 0.25) is 0 Å². The maximum Gasteiger partial charge on any atom is 0.149 e. The average Bonchev–Trinajstić information content (AvgIpc) is 2.29. The van der Waals surface area contributed by atoms with Gasteiger partial charge < -0.3 is 15.4 Å². The zero-order chi connectivity index (χ0) is 11.5. The maximum absolute atomic E-state index is 13.5. The lowest BCUT2D eigenvalue weighted by atomic mass is 10.2. The number of anilines is 1. The summed E-state index contributed by atoms with van der Waals surface area (Å²) in [6.45, 7) is 2.05. The van der Waals surface area contributed by atoms with E-state index in [1.165, 1.54) is 12.1 Å². The molecule has 3 nitrogen and oxygen atoms in total. The van der Waals surface area contributed by atoms with Crippen molar-refractivity contribution in [3.05, 3.63) is 29.8 Å². The third-order valence-corrected chi connectivity index (χ3v) is 2.65. The summed E-state index contributed by atoms with van der Waals surface area (Å²) in [6, 6.07) is 3.59. The number of morpholine rings is 1. The van der Waals surface area contributed by atoms with E-state index < -0.39 is 11.6 Å². The minimum atomic E-state index is -0.565. The highest BCUT2D eigenvalue weighted by Gasteiger charge is 2.21. The van der Waals surface area contributed by atoms with Crippen molar-refractivity contribution in [1.29, 1.82) is 0 Å². The van der Waals surface area contributed by atoms with E-state index in [2.05, 4.69) is 0 Å². The van der Waals surface area contributed by atoms with Crippen LogP contribution in [-0.4, -0.2) is 32.3 Å². The molecule has 0 spiro atoms. The SMILES string of the molecule is NCC1CN(c2ccc(F)cc2F)CCO1. The molecule has 1 aromatic rings. The second-order valence-corrected chi connectivity index (χ2v) is 3.77. The van der Waals surface area contributed by atoms with Crippen LogP contribution in [0.1, 0.15) is 0 Å². The topological polar surface area (TPSA) is 38.5 Å². The summed E-state index contributed by atoms with van der Waals surface area (Å²) in [6.07, 6.45) is -0.0850. The number of halogens is 2. The first-order valence-corrected chi connectivity index (χ1v) is 5.22. The average molecular weight is 228 g/mol. The zero-order valence-electron chi connectivity index (χ0n) is 8.83. The van der Waals surface area contributed by atoms with Gasteiger partial charge in [-0.3, -0.25) is 0 Å². The molecule has 0 bridgehead atoms. The fourth-order valence-corrected chi connectivity index (χ4v) is 1.82. The molecule has 1 heterocycles. The van der Waals surface area contributed by atoms with Crippen LogP contribution in [-0.2, 0) is 4.74 Å². The number of nitrogens with zero attached hydrogens (tertiary/aromatic N) is 1. The Bertz CT molecular complexity index is 373. The van der Waals surface area contributed by atoms with E-state index in [4.69, 9.17) is 10.5 Å². The van der Waals surface area contributed by atoms with Gasteiger partial charge in [-0.15, -0.1) is 0 Å². The highest BCUT2D eigenvalue weighted by atomic mass is 19.1. The van der Waals surface area contributed by atoms with Crippen molar-refractivity contribution in [1.82, 2.24) is 0 Å².